The molecule has 26 heavy (non-hydrogen) atoms. The van der Waals surface area contributed by atoms with E-state index in [9.17, 15) is 4.79 Å². The predicted molar refractivity (Wildman–Crippen MR) is 112 cm³/mol. The Morgan fingerprint density at radius 3 is 2.81 bits per heavy atom. The highest BCUT2D eigenvalue weighted by atomic mass is 32.2. The third kappa shape index (κ3) is 4.98. The molecule has 1 aliphatic carbocycles. The number of carboxylic acids is 1. The molecule has 0 radical (unpaired) electrons. The number of rotatable bonds is 7. The summed E-state index contributed by atoms with van der Waals surface area (Å²) < 4.78 is 0. The second kappa shape index (κ2) is 9.38. The summed E-state index contributed by atoms with van der Waals surface area (Å²) in [4.78, 5) is 18.2. The van der Waals surface area contributed by atoms with Crippen molar-refractivity contribution in [3.05, 3.63) is 51.0 Å². The zero-order chi connectivity index (χ0) is 17.8. The number of aromatic nitrogens is 1. The molecule has 1 N–H and O–H groups in total. The van der Waals surface area contributed by atoms with Crippen LogP contribution in [0.15, 0.2) is 29.2 Å². The number of aliphatic carboxylic acids is 1. The minimum atomic E-state index is -0.729. The van der Waals surface area contributed by atoms with Crippen LogP contribution in [0.1, 0.15) is 53.4 Å². The van der Waals surface area contributed by atoms with E-state index >= 15 is 0 Å². The maximum absolute atomic E-state index is 10.9. The summed E-state index contributed by atoms with van der Waals surface area (Å²) in [5.41, 5.74) is 5.05. The summed E-state index contributed by atoms with van der Waals surface area (Å²) in [7, 11) is 0. The molecule has 2 aromatic rings. The van der Waals surface area contributed by atoms with Crippen LogP contribution in [0.25, 0.3) is 5.57 Å². The van der Waals surface area contributed by atoms with Crippen molar-refractivity contribution in [3.8, 4) is 0 Å². The number of nitrogens with zero attached hydrogens (tertiary/aromatic N) is 1. The molecule has 0 bridgehead atoms. The molecule has 3 rings (SSSR count). The SMILES string of the molecule is C.Cc1nc(CCSc2cccc3c2CCC=C3CCC(=O)O)c(C)s1. The monoisotopic (exact) mass is 389 g/mol. The van der Waals surface area contributed by atoms with E-state index in [0.29, 0.717) is 6.42 Å². The first-order valence-corrected chi connectivity index (χ1v) is 10.4. The average molecular weight is 390 g/mol. The van der Waals surface area contributed by atoms with Gasteiger partial charge in [0, 0.05) is 28.4 Å². The molecule has 1 heterocycles. The molecule has 0 aliphatic heterocycles. The Kier molecular flexibility index (Phi) is 7.47. The Bertz CT molecular complexity index is 808. The Morgan fingerprint density at radius 2 is 2.12 bits per heavy atom. The Morgan fingerprint density at radius 1 is 1.31 bits per heavy atom. The van der Waals surface area contributed by atoms with Crippen LogP contribution >= 0.6 is 23.1 Å². The van der Waals surface area contributed by atoms with Crippen molar-refractivity contribution in [1.82, 2.24) is 4.98 Å². The number of hydrogen-bond acceptors (Lipinski definition) is 4. The third-order valence-corrected chi connectivity index (χ3v) is 6.50. The number of carbonyl (C=O) groups is 1. The minimum Gasteiger partial charge on any atom is -0.481 e. The van der Waals surface area contributed by atoms with Crippen LogP contribution in [0.2, 0.25) is 0 Å². The van der Waals surface area contributed by atoms with E-state index in [2.05, 4.69) is 43.1 Å². The highest BCUT2D eigenvalue weighted by molar-refractivity contribution is 7.99. The second-order valence-electron chi connectivity index (χ2n) is 6.28. The van der Waals surface area contributed by atoms with Gasteiger partial charge < -0.3 is 5.11 Å². The van der Waals surface area contributed by atoms with Gasteiger partial charge in [-0.15, -0.1) is 23.1 Å². The molecule has 5 heteroatoms. The molecule has 0 fully saturated rings. The number of aryl methyl sites for hydroxylation is 3. The van der Waals surface area contributed by atoms with Crippen LogP contribution in [0, 0.1) is 13.8 Å². The Hall–Kier alpha value is -1.59. The number of allylic oxidation sites excluding steroid dienone is 2. The lowest BCUT2D eigenvalue weighted by Crippen LogP contribution is -2.04. The molecule has 140 valence electrons. The molecular formula is C21H27NO2S2. The Balaban J connectivity index is 0.00000243. The van der Waals surface area contributed by atoms with Crippen LogP contribution in [-0.4, -0.2) is 21.8 Å². The van der Waals surface area contributed by atoms with Crippen molar-refractivity contribution >= 4 is 34.6 Å². The molecule has 0 amide bonds. The number of fused-ring (bicyclic) bond motifs is 1. The fraction of sp³-hybridized carbons (Fsp3) is 0.429. The molecule has 1 aromatic carbocycles. The standard InChI is InChI=1S/C20H23NO2S2.CH4/c1-13-18(21-14(2)25-13)11-12-24-19-8-4-6-16-15(9-10-20(22)23)5-3-7-17(16)19;/h4-6,8H,3,7,9-12H2,1-2H3,(H,22,23);1H4. The van der Waals surface area contributed by atoms with E-state index in [1.807, 2.05) is 11.8 Å². The quantitative estimate of drug-likeness (QED) is 0.597. The van der Waals surface area contributed by atoms with Crippen molar-refractivity contribution < 1.29 is 9.90 Å². The summed E-state index contributed by atoms with van der Waals surface area (Å²) in [6.07, 6.45) is 6.07. The number of benzene rings is 1. The predicted octanol–water partition coefficient (Wildman–Crippen LogP) is 5.93. The lowest BCUT2D eigenvalue weighted by atomic mass is 9.88. The minimum absolute atomic E-state index is 0. The first kappa shape index (κ1) is 20.7. The van der Waals surface area contributed by atoms with Crippen LogP contribution in [0.5, 0.6) is 0 Å². The van der Waals surface area contributed by atoms with Gasteiger partial charge in [-0.05, 0) is 55.9 Å². The van der Waals surface area contributed by atoms with Crippen molar-refractivity contribution in [3.63, 3.8) is 0 Å². The third-order valence-electron chi connectivity index (χ3n) is 4.47. The van der Waals surface area contributed by atoms with Gasteiger partial charge in [-0.1, -0.05) is 25.6 Å². The highest BCUT2D eigenvalue weighted by Gasteiger charge is 2.17. The summed E-state index contributed by atoms with van der Waals surface area (Å²) in [5, 5.41) is 10.1. The maximum Gasteiger partial charge on any atom is 0.303 e. The lowest BCUT2D eigenvalue weighted by molar-refractivity contribution is -0.136. The molecule has 0 atom stereocenters. The smallest absolute Gasteiger partial charge is 0.303 e. The van der Waals surface area contributed by atoms with Crippen molar-refractivity contribution in [1.29, 1.82) is 0 Å². The van der Waals surface area contributed by atoms with Gasteiger partial charge in [-0.25, -0.2) is 4.98 Å². The van der Waals surface area contributed by atoms with E-state index in [0.717, 1.165) is 30.0 Å². The van der Waals surface area contributed by atoms with Gasteiger partial charge >= 0.3 is 5.97 Å². The van der Waals surface area contributed by atoms with Gasteiger partial charge in [0.1, 0.15) is 0 Å². The summed E-state index contributed by atoms with van der Waals surface area (Å²) in [6, 6.07) is 6.43. The van der Waals surface area contributed by atoms with Crippen molar-refractivity contribution in [2.75, 3.05) is 5.75 Å². The second-order valence-corrected chi connectivity index (χ2v) is 8.82. The molecule has 0 spiro atoms. The van der Waals surface area contributed by atoms with Gasteiger partial charge in [-0.2, -0.15) is 0 Å². The Labute approximate surface area is 164 Å². The normalized spacial score (nSPS) is 12.9. The van der Waals surface area contributed by atoms with E-state index in [1.54, 1.807) is 11.3 Å². The van der Waals surface area contributed by atoms with Crippen LogP contribution in [-0.2, 0) is 17.6 Å². The van der Waals surface area contributed by atoms with Gasteiger partial charge in [0.15, 0.2) is 0 Å². The summed E-state index contributed by atoms with van der Waals surface area (Å²) in [5.74, 6) is 0.293. The molecular weight excluding hydrogens is 362 g/mol. The van der Waals surface area contributed by atoms with E-state index in [4.69, 9.17) is 5.11 Å². The zero-order valence-corrected chi connectivity index (χ0v) is 16.3. The van der Waals surface area contributed by atoms with E-state index < -0.39 is 5.97 Å². The zero-order valence-electron chi connectivity index (χ0n) is 14.7. The van der Waals surface area contributed by atoms with Crippen LogP contribution in [0.3, 0.4) is 0 Å². The largest absolute Gasteiger partial charge is 0.481 e. The number of hydrogen-bond donors (Lipinski definition) is 1. The lowest BCUT2D eigenvalue weighted by Gasteiger charge is -2.20. The first-order chi connectivity index (χ1) is 12.0. The topological polar surface area (TPSA) is 50.2 Å². The van der Waals surface area contributed by atoms with E-state index in [-0.39, 0.29) is 13.8 Å². The summed E-state index contributed by atoms with van der Waals surface area (Å²) in [6.45, 7) is 4.21. The van der Waals surface area contributed by atoms with Gasteiger partial charge in [0.2, 0.25) is 0 Å². The molecule has 0 saturated carbocycles. The molecule has 0 unspecified atom stereocenters. The first-order valence-electron chi connectivity index (χ1n) is 8.63. The van der Waals surface area contributed by atoms with Crippen LogP contribution in [0.4, 0.5) is 0 Å². The molecule has 3 nitrogen and oxygen atoms in total. The molecule has 0 saturated heterocycles. The summed E-state index contributed by atoms with van der Waals surface area (Å²) >= 11 is 3.67. The number of thioether (sulfide) groups is 1. The fourth-order valence-electron chi connectivity index (χ4n) is 3.30. The van der Waals surface area contributed by atoms with Gasteiger partial charge in [0.05, 0.1) is 10.7 Å². The highest BCUT2D eigenvalue weighted by Crippen LogP contribution is 2.36. The van der Waals surface area contributed by atoms with Crippen LogP contribution < -0.4 is 0 Å². The van der Waals surface area contributed by atoms with Crippen molar-refractivity contribution in [2.24, 2.45) is 0 Å². The fourth-order valence-corrected chi connectivity index (χ4v) is 5.24. The molecule has 1 aliphatic rings. The average Bonchev–Trinajstić information content (AvgIpc) is 2.90. The van der Waals surface area contributed by atoms with Gasteiger partial charge in [0.25, 0.3) is 0 Å². The van der Waals surface area contributed by atoms with Gasteiger partial charge in [-0.3, -0.25) is 4.79 Å². The number of thiazole rings is 1. The maximum atomic E-state index is 10.9. The van der Waals surface area contributed by atoms with Crippen molar-refractivity contribution in [2.45, 2.75) is 58.3 Å². The number of carboxylic acid groups (broad SMARTS) is 1. The molecule has 1 aromatic heterocycles. The van der Waals surface area contributed by atoms with E-state index in [1.165, 1.54) is 32.2 Å².